The Bertz CT molecular complexity index is 408. The zero-order valence-electron chi connectivity index (χ0n) is 13.4. The minimum atomic E-state index is 0.487. The van der Waals surface area contributed by atoms with Gasteiger partial charge in [0.15, 0.2) is 0 Å². The van der Waals surface area contributed by atoms with Gasteiger partial charge in [0.1, 0.15) is 12.4 Å². The highest BCUT2D eigenvalue weighted by molar-refractivity contribution is 5.33. The van der Waals surface area contributed by atoms with E-state index in [-0.39, 0.29) is 0 Å². The lowest BCUT2D eigenvalue weighted by Gasteiger charge is -2.29. The number of ether oxygens (including phenoxy) is 1. The minimum absolute atomic E-state index is 0.487. The van der Waals surface area contributed by atoms with Crippen LogP contribution in [0.1, 0.15) is 51.0 Å². The minimum Gasteiger partial charge on any atom is -0.492 e. The van der Waals surface area contributed by atoms with E-state index < -0.39 is 0 Å². The number of benzene rings is 1. The summed E-state index contributed by atoms with van der Waals surface area (Å²) in [5, 5.41) is 0. The van der Waals surface area contributed by atoms with Crippen molar-refractivity contribution in [2.24, 2.45) is 5.73 Å². The third-order valence-electron chi connectivity index (χ3n) is 4.41. The van der Waals surface area contributed by atoms with Crippen LogP contribution in [0.25, 0.3) is 0 Å². The summed E-state index contributed by atoms with van der Waals surface area (Å²) < 4.78 is 5.85. The number of rotatable bonds is 8. The van der Waals surface area contributed by atoms with Crippen molar-refractivity contribution in [1.29, 1.82) is 0 Å². The Hall–Kier alpha value is -1.06. The molecule has 2 rings (SSSR count). The van der Waals surface area contributed by atoms with E-state index in [1.165, 1.54) is 44.1 Å². The molecule has 1 aromatic rings. The van der Waals surface area contributed by atoms with Gasteiger partial charge in [0.05, 0.1) is 0 Å². The summed E-state index contributed by atoms with van der Waals surface area (Å²) in [6.07, 6.45) is 7.87. The number of fused-ring (bicyclic) bond motifs is 1. The zero-order chi connectivity index (χ0) is 14.9. The summed E-state index contributed by atoms with van der Waals surface area (Å²) in [6.45, 7) is 5.72. The Morgan fingerprint density at radius 1 is 1.19 bits per heavy atom. The zero-order valence-corrected chi connectivity index (χ0v) is 13.4. The largest absolute Gasteiger partial charge is 0.492 e. The second kappa shape index (κ2) is 9.06. The Labute approximate surface area is 129 Å². The van der Waals surface area contributed by atoms with Crippen molar-refractivity contribution in [3.63, 3.8) is 0 Å². The number of hydrogen-bond donors (Lipinski definition) is 1. The normalized spacial score (nSPS) is 16.9. The maximum absolute atomic E-state index is 6.03. The van der Waals surface area contributed by atoms with Gasteiger partial charge in [-0.15, -0.1) is 0 Å². The molecule has 0 amide bonds. The van der Waals surface area contributed by atoms with Crippen LogP contribution in [0.15, 0.2) is 24.3 Å². The van der Waals surface area contributed by atoms with Crippen LogP contribution in [-0.4, -0.2) is 30.6 Å². The van der Waals surface area contributed by atoms with Gasteiger partial charge in [0.25, 0.3) is 0 Å². The van der Waals surface area contributed by atoms with Crippen molar-refractivity contribution in [2.75, 3.05) is 19.7 Å². The van der Waals surface area contributed by atoms with Crippen molar-refractivity contribution >= 4 is 0 Å². The Balaban J connectivity index is 1.86. The third-order valence-corrected chi connectivity index (χ3v) is 4.41. The fourth-order valence-corrected chi connectivity index (χ4v) is 3.09. The molecule has 118 valence electrons. The predicted molar refractivity (Wildman–Crippen MR) is 88.6 cm³/mol. The van der Waals surface area contributed by atoms with E-state index in [0.29, 0.717) is 6.04 Å². The average Bonchev–Trinajstić information content (AvgIpc) is 2.73. The summed E-state index contributed by atoms with van der Waals surface area (Å²) in [7, 11) is 0. The molecule has 0 spiro atoms. The topological polar surface area (TPSA) is 38.5 Å². The fourth-order valence-electron chi connectivity index (χ4n) is 3.09. The van der Waals surface area contributed by atoms with Crippen molar-refractivity contribution < 1.29 is 4.74 Å². The molecular weight excluding hydrogens is 260 g/mol. The van der Waals surface area contributed by atoms with Crippen LogP contribution in [-0.2, 0) is 6.54 Å². The molecular formula is C18H30N2O. The van der Waals surface area contributed by atoms with Crippen LogP contribution in [0.4, 0.5) is 0 Å². The number of nitrogens with two attached hydrogens (primary N) is 1. The van der Waals surface area contributed by atoms with Gasteiger partial charge in [0.2, 0.25) is 0 Å². The summed E-state index contributed by atoms with van der Waals surface area (Å²) in [6, 6.07) is 8.86. The highest BCUT2D eigenvalue weighted by Crippen LogP contribution is 2.24. The molecule has 1 aromatic carbocycles. The molecule has 3 nitrogen and oxygen atoms in total. The second-order valence-electron chi connectivity index (χ2n) is 6.02. The number of nitrogens with zero attached hydrogens (tertiary/aromatic N) is 1. The molecule has 1 unspecified atom stereocenters. The Kier molecular flexibility index (Phi) is 7.04. The van der Waals surface area contributed by atoms with Gasteiger partial charge in [-0.25, -0.2) is 0 Å². The second-order valence-corrected chi connectivity index (χ2v) is 6.02. The molecule has 0 radical (unpaired) electrons. The molecule has 0 aromatic heterocycles. The van der Waals surface area contributed by atoms with Crippen molar-refractivity contribution in [1.82, 2.24) is 4.90 Å². The van der Waals surface area contributed by atoms with Gasteiger partial charge >= 0.3 is 0 Å². The molecule has 1 heterocycles. The van der Waals surface area contributed by atoms with Crippen LogP contribution in [0.3, 0.4) is 0 Å². The van der Waals surface area contributed by atoms with E-state index in [9.17, 15) is 0 Å². The van der Waals surface area contributed by atoms with Crippen LogP contribution in [0, 0.1) is 0 Å². The van der Waals surface area contributed by atoms with Crippen molar-refractivity contribution in [3.8, 4) is 5.75 Å². The molecule has 1 aliphatic rings. The summed E-state index contributed by atoms with van der Waals surface area (Å²) in [5.74, 6) is 1.04. The average molecular weight is 290 g/mol. The first kappa shape index (κ1) is 16.3. The highest BCUT2D eigenvalue weighted by Gasteiger charge is 2.21. The van der Waals surface area contributed by atoms with E-state index in [0.717, 1.165) is 32.0 Å². The quantitative estimate of drug-likeness (QED) is 0.744. The lowest BCUT2D eigenvalue weighted by Crippen LogP contribution is -2.41. The summed E-state index contributed by atoms with van der Waals surface area (Å²) in [4.78, 5) is 2.51. The number of unbranched alkanes of at least 4 members (excludes halogenated alkanes) is 4. The molecule has 1 aliphatic heterocycles. The lowest BCUT2D eigenvalue weighted by atomic mass is 10.0. The third kappa shape index (κ3) is 5.01. The van der Waals surface area contributed by atoms with Crippen molar-refractivity contribution in [3.05, 3.63) is 29.8 Å². The standard InChI is InChI=1S/C18H30N2O/c1-2-3-4-5-6-10-17(14-19)20-12-13-21-18-11-8-7-9-16(18)15-20/h7-9,11,17H,2-6,10,12-15,19H2,1H3. The SMILES string of the molecule is CCCCCCCC(CN)N1CCOc2ccccc2C1. The first-order valence-corrected chi connectivity index (χ1v) is 8.50. The molecule has 3 heteroatoms. The van der Waals surface area contributed by atoms with Crippen LogP contribution in [0.5, 0.6) is 5.75 Å². The fraction of sp³-hybridized carbons (Fsp3) is 0.667. The van der Waals surface area contributed by atoms with Gasteiger partial charge in [-0.05, 0) is 12.5 Å². The van der Waals surface area contributed by atoms with E-state index in [1.54, 1.807) is 0 Å². The van der Waals surface area contributed by atoms with Gasteiger partial charge in [-0.1, -0.05) is 57.2 Å². The summed E-state index contributed by atoms with van der Waals surface area (Å²) in [5.41, 5.74) is 7.32. The molecule has 0 bridgehead atoms. The van der Waals surface area contributed by atoms with E-state index >= 15 is 0 Å². The van der Waals surface area contributed by atoms with Gasteiger partial charge < -0.3 is 10.5 Å². The predicted octanol–water partition coefficient (Wildman–Crippen LogP) is 3.57. The van der Waals surface area contributed by atoms with E-state index in [2.05, 4.69) is 30.0 Å². The summed E-state index contributed by atoms with van der Waals surface area (Å²) >= 11 is 0. The van der Waals surface area contributed by atoms with E-state index in [4.69, 9.17) is 10.5 Å². The number of hydrogen-bond acceptors (Lipinski definition) is 3. The molecule has 0 aliphatic carbocycles. The molecule has 0 fully saturated rings. The lowest BCUT2D eigenvalue weighted by molar-refractivity contribution is 0.162. The smallest absolute Gasteiger partial charge is 0.123 e. The van der Waals surface area contributed by atoms with Crippen LogP contribution < -0.4 is 10.5 Å². The number of para-hydroxylation sites is 1. The molecule has 0 saturated carbocycles. The van der Waals surface area contributed by atoms with Crippen LogP contribution >= 0.6 is 0 Å². The molecule has 1 atom stereocenters. The van der Waals surface area contributed by atoms with E-state index in [1.807, 2.05) is 6.07 Å². The maximum atomic E-state index is 6.03. The molecule has 21 heavy (non-hydrogen) atoms. The van der Waals surface area contributed by atoms with Crippen molar-refractivity contribution in [2.45, 2.75) is 58.0 Å². The first-order valence-electron chi connectivity index (χ1n) is 8.50. The van der Waals surface area contributed by atoms with Gasteiger partial charge in [-0.3, -0.25) is 4.90 Å². The highest BCUT2D eigenvalue weighted by atomic mass is 16.5. The first-order chi connectivity index (χ1) is 10.3. The van der Waals surface area contributed by atoms with Crippen LogP contribution in [0.2, 0.25) is 0 Å². The van der Waals surface area contributed by atoms with Gasteiger partial charge in [-0.2, -0.15) is 0 Å². The molecule has 0 saturated heterocycles. The van der Waals surface area contributed by atoms with Gasteiger partial charge in [0, 0.05) is 31.2 Å². The Morgan fingerprint density at radius 2 is 2.00 bits per heavy atom. The maximum Gasteiger partial charge on any atom is 0.123 e. The monoisotopic (exact) mass is 290 g/mol. The molecule has 2 N–H and O–H groups in total. The Morgan fingerprint density at radius 3 is 2.81 bits per heavy atom.